The number of nitrogens with one attached hydrogen (secondary N) is 1. The summed E-state index contributed by atoms with van der Waals surface area (Å²) in [6, 6.07) is 8.38. The topological polar surface area (TPSA) is 61.8 Å². The van der Waals surface area contributed by atoms with Crippen LogP contribution in [0.1, 0.15) is 24.0 Å². The van der Waals surface area contributed by atoms with Gasteiger partial charge in [0, 0.05) is 18.7 Å². The molecule has 29 heavy (non-hydrogen) atoms. The van der Waals surface area contributed by atoms with E-state index in [0.717, 1.165) is 20.1 Å². The lowest BCUT2D eigenvalue weighted by Crippen LogP contribution is -2.49. The highest BCUT2D eigenvalue weighted by Crippen LogP contribution is 2.35. The van der Waals surface area contributed by atoms with Gasteiger partial charge >= 0.3 is 6.18 Å². The van der Waals surface area contributed by atoms with Gasteiger partial charge in [-0.15, -0.1) is 11.3 Å². The molecule has 1 unspecified atom stereocenters. The Morgan fingerprint density at radius 2 is 1.93 bits per heavy atom. The fraction of sp³-hybridized carbons (Fsp3) is 0.333. The van der Waals surface area contributed by atoms with E-state index in [1.54, 1.807) is 10.4 Å². The number of alkyl halides is 3. The predicted molar refractivity (Wildman–Crippen MR) is 108 cm³/mol. The third-order valence-corrected chi connectivity index (χ3v) is 8.36. The van der Waals surface area contributed by atoms with Gasteiger partial charge in [-0.25, -0.2) is 8.51 Å². The molecule has 1 amide bonds. The maximum absolute atomic E-state index is 13.0. The van der Waals surface area contributed by atoms with Crippen molar-refractivity contribution in [1.29, 1.82) is 0 Å². The number of thiophene rings is 1. The maximum atomic E-state index is 13.0. The largest absolute Gasteiger partial charge is 0.416 e. The van der Waals surface area contributed by atoms with Crippen LogP contribution in [0.4, 0.5) is 13.2 Å². The molecule has 3 heterocycles. The van der Waals surface area contributed by atoms with E-state index in [1.807, 2.05) is 6.07 Å². The Labute approximate surface area is 179 Å². The van der Waals surface area contributed by atoms with Crippen molar-refractivity contribution in [2.24, 2.45) is 4.99 Å². The van der Waals surface area contributed by atoms with Crippen LogP contribution in [0.5, 0.6) is 0 Å². The Balaban J connectivity index is 1.52. The number of carbonyl (C=O) groups is 1. The molecule has 1 aromatic heterocycles. The minimum Gasteiger partial charge on any atom is -0.308 e. The highest BCUT2D eigenvalue weighted by Gasteiger charge is 2.47. The van der Waals surface area contributed by atoms with E-state index in [-0.39, 0.29) is 17.3 Å². The van der Waals surface area contributed by atoms with Crippen LogP contribution in [0.2, 0.25) is 0 Å². The van der Waals surface area contributed by atoms with E-state index >= 15 is 0 Å². The van der Waals surface area contributed by atoms with E-state index in [1.165, 1.54) is 23.5 Å². The standard InChI is InChI=1S/C18H15BrF3N3O2S2/c19-13-4-5-14(28-13)29(27)25-8-6-17(7-9-25)16(26)23-15(24-17)11-2-1-3-12(10-11)18(20,21)22/h1-5,10H,6-9H2,(H,23,24,26). The van der Waals surface area contributed by atoms with E-state index in [2.05, 4.69) is 26.2 Å². The number of hydrogen-bond acceptors (Lipinski definition) is 4. The number of halogens is 4. The van der Waals surface area contributed by atoms with Gasteiger partial charge in [0.15, 0.2) is 0 Å². The van der Waals surface area contributed by atoms with Crippen molar-refractivity contribution in [3.8, 4) is 0 Å². The molecule has 154 valence electrons. The van der Waals surface area contributed by atoms with Crippen LogP contribution in [0.25, 0.3) is 0 Å². The number of nitrogens with zero attached hydrogens (tertiary/aromatic N) is 2. The Bertz CT molecular complexity index is 1010. The molecule has 5 nitrogen and oxygen atoms in total. The lowest BCUT2D eigenvalue weighted by atomic mass is 9.89. The van der Waals surface area contributed by atoms with Crippen molar-refractivity contribution in [2.45, 2.75) is 28.8 Å². The number of aliphatic imine (C=N–C) groups is 1. The first kappa shape index (κ1) is 20.7. The van der Waals surface area contributed by atoms with E-state index in [0.29, 0.717) is 25.9 Å². The fourth-order valence-corrected chi connectivity index (χ4v) is 6.64. The molecule has 1 spiro atoms. The second kappa shape index (κ2) is 7.60. The molecule has 0 saturated carbocycles. The Morgan fingerprint density at radius 1 is 1.21 bits per heavy atom. The van der Waals surface area contributed by atoms with Gasteiger partial charge in [-0.05, 0) is 53.0 Å². The van der Waals surface area contributed by atoms with Gasteiger partial charge in [-0.1, -0.05) is 12.1 Å². The summed E-state index contributed by atoms with van der Waals surface area (Å²) in [6.07, 6.45) is -3.78. The van der Waals surface area contributed by atoms with Gasteiger partial charge in [0.1, 0.15) is 26.6 Å². The summed E-state index contributed by atoms with van der Waals surface area (Å²) in [7, 11) is -1.32. The van der Waals surface area contributed by atoms with E-state index < -0.39 is 28.3 Å². The van der Waals surface area contributed by atoms with Gasteiger partial charge in [0.05, 0.1) is 9.35 Å². The van der Waals surface area contributed by atoms with Gasteiger partial charge in [-0.3, -0.25) is 9.79 Å². The third-order valence-electron chi connectivity index (χ3n) is 4.95. The summed E-state index contributed by atoms with van der Waals surface area (Å²) in [4.78, 5) is 17.1. The SMILES string of the molecule is O=C1NC(c2cccc(C(F)(F)F)c2)=NC12CCN(S(=O)c1ccc(Br)s1)CC2. The molecule has 0 bridgehead atoms. The molecule has 0 aliphatic carbocycles. The quantitative estimate of drug-likeness (QED) is 0.686. The van der Waals surface area contributed by atoms with Gasteiger partial charge in [0.25, 0.3) is 5.91 Å². The van der Waals surface area contributed by atoms with E-state index in [9.17, 15) is 22.2 Å². The number of carbonyl (C=O) groups excluding carboxylic acids is 1. The number of amides is 1. The van der Waals surface area contributed by atoms with Crippen molar-refractivity contribution in [3.05, 3.63) is 51.3 Å². The second-order valence-corrected chi connectivity index (χ2v) is 10.9. The lowest BCUT2D eigenvalue weighted by molar-refractivity contribution is -0.137. The van der Waals surface area contributed by atoms with Gasteiger partial charge in [-0.2, -0.15) is 13.2 Å². The zero-order chi connectivity index (χ0) is 20.8. The summed E-state index contributed by atoms with van der Waals surface area (Å²) in [6.45, 7) is 0.795. The zero-order valence-corrected chi connectivity index (χ0v) is 18.1. The molecule has 1 saturated heterocycles. The highest BCUT2D eigenvalue weighted by molar-refractivity contribution is 9.11. The Hall–Kier alpha value is -1.56. The predicted octanol–water partition coefficient (Wildman–Crippen LogP) is 3.96. The average molecular weight is 506 g/mol. The molecule has 2 aliphatic heterocycles. The summed E-state index contributed by atoms with van der Waals surface area (Å²) < 4.78 is 55.0. The minimum atomic E-state index is -4.47. The zero-order valence-electron chi connectivity index (χ0n) is 14.8. The first-order chi connectivity index (χ1) is 13.7. The number of hydrogen-bond donors (Lipinski definition) is 1. The normalized spacial score (nSPS) is 20.6. The van der Waals surface area contributed by atoms with Gasteiger partial charge < -0.3 is 5.32 Å². The van der Waals surface area contributed by atoms with Crippen molar-refractivity contribution >= 4 is 50.0 Å². The molecule has 1 N–H and O–H groups in total. The van der Waals surface area contributed by atoms with Crippen LogP contribution < -0.4 is 5.32 Å². The molecule has 0 radical (unpaired) electrons. The van der Waals surface area contributed by atoms with Crippen LogP contribution in [-0.2, 0) is 22.0 Å². The van der Waals surface area contributed by atoms with Crippen LogP contribution in [0.3, 0.4) is 0 Å². The average Bonchev–Trinajstić information content (AvgIpc) is 3.25. The van der Waals surface area contributed by atoms with Gasteiger partial charge in [0.2, 0.25) is 0 Å². The molecular formula is C18H15BrF3N3O2S2. The molecular weight excluding hydrogens is 491 g/mol. The molecule has 1 aromatic carbocycles. The maximum Gasteiger partial charge on any atom is 0.416 e. The molecule has 11 heteroatoms. The van der Waals surface area contributed by atoms with E-state index in [4.69, 9.17) is 0 Å². The first-order valence-corrected chi connectivity index (χ1v) is 11.4. The van der Waals surface area contributed by atoms with Crippen LogP contribution in [-0.4, -0.2) is 38.9 Å². The fourth-order valence-electron chi connectivity index (χ4n) is 3.38. The highest BCUT2D eigenvalue weighted by atomic mass is 79.9. The molecule has 1 atom stereocenters. The van der Waals surface area contributed by atoms with Crippen LogP contribution in [0, 0.1) is 0 Å². The third kappa shape index (κ3) is 4.05. The number of amidine groups is 1. The lowest BCUT2D eigenvalue weighted by Gasteiger charge is -2.34. The number of rotatable bonds is 3. The van der Waals surface area contributed by atoms with Crippen LogP contribution >= 0.6 is 27.3 Å². The number of piperidine rings is 1. The first-order valence-electron chi connectivity index (χ1n) is 8.69. The van der Waals surface area contributed by atoms with Crippen LogP contribution in [0.15, 0.2) is 49.4 Å². The minimum absolute atomic E-state index is 0.151. The van der Waals surface area contributed by atoms with Crippen molar-refractivity contribution in [2.75, 3.05) is 13.1 Å². The second-order valence-electron chi connectivity index (χ2n) is 6.76. The summed E-state index contributed by atoms with van der Waals surface area (Å²) >= 11 is 4.74. The monoisotopic (exact) mass is 505 g/mol. The summed E-state index contributed by atoms with van der Waals surface area (Å²) in [5.74, 6) is -0.174. The molecule has 1 fully saturated rings. The summed E-state index contributed by atoms with van der Waals surface area (Å²) in [5.41, 5.74) is -1.60. The number of benzene rings is 1. The van der Waals surface area contributed by atoms with Crippen molar-refractivity contribution < 1.29 is 22.2 Å². The summed E-state index contributed by atoms with van der Waals surface area (Å²) in [5, 5.41) is 2.63. The molecule has 2 aliphatic rings. The smallest absolute Gasteiger partial charge is 0.308 e. The Morgan fingerprint density at radius 3 is 2.55 bits per heavy atom. The van der Waals surface area contributed by atoms with Crippen molar-refractivity contribution in [3.63, 3.8) is 0 Å². The molecule has 4 rings (SSSR count). The molecule has 2 aromatic rings. The Kier molecular flexibility index (Phi) is 5.43. The van der Waals surface area contributed by atoms with Crippen molar-refractivity contribution in [1.82, 2.24) is 9.62 Å².